The van der Waals surface area contributed by atoms with Gasteiger partial charge in [-0.15, -0.1) is 0 Å². The van der Waals surface area contributed by atoms with Crippen molar-refractivity contribution in [3.63, 3.8) is 0 Å². The van der Waals surface area contributed by atoms with E-state index in [0.29, 0.717) is 45.9 Å². The average Bonchev–Trinajstić information content (AvgIpc) is 2.92. The third kappa shape index (κ3) is 3.49. The number of hydrogen-bond acceptors (Lipinski definition) is 5. The zero-order valence-corrected chi connectivity index (χ0v) is 14.7. The smallest absolute Gasteiger partial charge is 0.219 e. The highest BCUT2D eigenvalue weighted by Crippen LogP contribution is 2.31. The predicted molar refractivity (Wildman–Crippen MR) is 94.7 cm³/mol. The van der Waals surface area contributed by atoms with Gasteiger partial charge in [0.05, 0.1) is 11.9 Å². The maximum atomic E-state index is 11.5. The molecule has 7 heteroatoms. The van der Waals surface area contributed by atoms with Crippen molar-refractivity contribution < 1.29 is 14.1 Å². The lowest BCUT2D eigenvalue weighted by Crippen LogP contribution is -2.15. The Morgan fingerprint density at radius 1 is 1.20 bits per heavy atom. The quantitative estimate of drug-likeness (QED) is 0.617. The first-order valence-electron chi connectivity index (χ1n) is 7.57. The molecule has 0 unspecified atom stereocenters. The van der Waals surface area contributed by atoms with E-state index in [4.69, 9.17) is 20.9 Å². The second-order valence-corrected chi connectivity index (χ2v) is 5.95. The second kappa shape index (κ2) is 6.94. The molecule has 0 fully saturated rings. The Bertz CT molecular complexity index is 887. The van der Waals surface area contributed by atoms with E-state index in [1.54, 1.807) is 44.3 Å². The molecule has 0 aliphatic rings. The van der Waals surface area contributed by atoms with Crippen molar-refractivity contribution in [3.8, 4) is 11.6 Å². The van der Waals surface area contributed by atoms with Gasteiger partial charge in [-0.2, -0.15) is 0 Å². The zero-order valence-electron chi connectivity index (χ0n) is 14.0. The SMILES string of the molecule is Cc1cc(Cl)ccc1Oc1ccc(N(C=O)c2c(C)noc2C)cn1. The average molecular weight is 358 g/mol. The number of rotatable bonds is 5. The van der Waals surface area contributed by atoms with E-state index in [-0.39, 0.29) is 0 Å². The van der Waals surface area contributed by atoms with Crippen LogP contribution >= 0.6 is 11.6 Å². The fourth-order valence-electron chi connectivity index (χ4n) is 2.48. The summed E-state index contributed by atoms with van der Waals surface area (Å²) in [4.78, 5) is 17.3. The lowest BCUT2D eigenvalue weighted by Gasteiger charge is -2.17. The summed E-state index contributed by atoms with van der Waals surface area (Å²) in [6.45, 7) is 5.43. The normalized spacial score (nSPS) is 10.6. The summed E-state index contributed by atoms with van der Waals surface area (Å²) >= 11 is 5.94. The highest BCUT2D eigenvalue weighted by atomic mass is 35.5. The first-order chi connectivity index (χ1) is 12.0. The van der Waals surface area contributed by atoms with Crippen LogP contribution in [0, 0.1) is 20.8 Å². The third-order valence-electron chi connectivity index (χ3n) is 3.69. The van der Waals surface area contributed by atoms with Crippen molar-refractivity contribution in [2.45, 2.75) is 20.8 Å². The monoisotopic (exact) mass is 357 g/mol. The standard InChI is InChI=1S/C18H16ClN3O3/c1-11-8-14(19)4-6-16(11)24-17-7-5-15(9-20-17)22(10-23)18-12(2)21-25-13(18)3/h4-10H,1-3H3. The second-order valence-electron chi connectivity index (χ2n) is 5.51. The van der Waals surface area contributed by atoms with Crippen LogP contribution in [0.3, 0.4) is 0 Å². The van der Waals surface area contributed by atoms with E-state index >= 15 is 0 Å². The summed E-state index contributed by atoms with van der Waals surface area (Å²) in [5.41, 5.74) is 2.73. The van der Waals surface area contributed by atoms with Crippen molar-refractivity contribution in [3.05, 3.63) is 58.6 Å². The number of pyridine rings is 1. The molecule has 128 valence electrons. The molecule has 2 heterocycles. The van der Waals surface area contributed by atoms with E-state index in [2.05, 4.69) is 10.1 Å². The molecule has 0 bridgehead atoms. The van der Waals surface area contributed by atoms with Crippen molar-refractivity contribution >= 4 is 29.4 Å². The van der Waals surface area contributed by atoms with Crippen LogP contribution in [-0.4, -0.2) is 16.6 Å². The molecule has 3 rings (SSSR count). The van der Waals surface area contributed by atoms with Crippen LogP contribution < -0.4 is 9.64 Å². The number of halogens is 1. The maximum absolute atomic E-state index is 11.5. The Morgan fingerprint density at radius 2 is 2.00 bits per heavy atom. The van der Waals surface area contributed by atoms with E-state index in [1.807, 2.05) is 13.0 Å². The van der Waals surface area contributed by atoms with Crippen LogP contribution in [0.1, 0.15) is 17.0 Å². The van der Waals surface area contributed by atoms with Crippen molar-refractivity contribution in [1.29, 1.82) is 0 Å². The van der Waals surface area contributed by atoms with Gasteiger partial charge in [-0.3, -0.25) is 9.69 Å². The third-order valence-corrected chi connectivity index (χ3v) is 3.93. The van der Waals surface area contributed by atoms with E-state index in [9.17, 15) is 4.79 Å². The minimum absolute atomic E-state index is 0.416. The van der Waals surface area contributed by atoms with Crippen molar-refractivity contribution in [1.82, 2.24) is 10.1 Å². The number of hydrogen-bond donors (Lipinski definition) is 0. The number of ether oxygens (including phenoxy) is 1. The molecule has 0 N–H and O–H groups in total. The molecule has 25 heavy (non-hydrogen) atoms. The number of aryl methyl sites for hydroxylation is 3. The lowest BCUT2D eigenvalue weighted by atomic mass is 10.2. The minimum atomic E-state index is 0.416. The first kappa shape index (κ1) is 17.0. The summed E-state index contributed by atoms with van der Waals surface area (Å²) in [5.74, 6) is 1.64. The largest absolute Gasteiger partial charge is 0.439 e. The van der Waals surface area contributed by atoms with Crippen LogP contribution in [0.25, 0.3) is 0 Å². The molecule has 6 nitrogen and oxygen atoms in total. The molecule has 0 saturated carbocycles. The highest BCUT2D eigenvalue weighted by Gasteiger charge is 2.18. The Labute approximate surface area is 150 Å². The first-order valence-corrected chi connectivity index (χ1v) is 7.95. The van der Waals surface area contributed by atoms with Gasteiger partial charge < -0.3 is 9.26 Å². The number of amides is 1. The van der Waals surface area contributed by atoms with Gasteiger partial charge in [0, 0.05) is 11.1 Å². The number of carbonyl (C=O) groups is 1. The number of anilines is 2. The van der Waals surface area contributed by atoms with Gasteiger partial charge in [-0.25, -0.2) is 4.98 Å². The maximum Gasteiger partial charge on any atom is 0.219 e. The highest BCUT2D eigenvalue weighted by molar-refractivity contribution is 6.30. The summed E-state index contributed by atoms with van der Waals surface area (Å²) in [7, 11) is 0. The zero-order chi connectivity index (χ0) is 18.0. The number of carbonyl (C=O) groups excluding carboxylic acids is 1. The number of aromatic nitrogens is 2. The molecule has 0 aliphatic carbocycles. The molecule has 0 radical (unpaired) electrons. The topological polar surface area (TPSA) is 68.5 Å². The van der Waals surface area contributed by atoms with Crippen LogP contribution in [0.4, 0.5) is 11.4 Å². The van der Waals surface area contributed by atoms with Crippen LogP contribution in [0.15, 0.2) is 41.1 Å². The molecule has 2 aromatic heterocycles. The van der Waals surface area contributed by atoms with Gasteiger partial charge in [-0.05, 0) is 50.6 Å². The molecular weight excluding hydrogens is 342 g/mol. The van der Waals surface area contributed by atoms with E-state index in [0.717, 1.165) is 5.56 Å². The molecule has 1 amide bonds. The molecule has 3 aromatic rings. The summed E-state index contributed by atoms with van der Waals surface area (Å²) in [6.07, 6.45) is 2.26. The van der Waals surface area contributed by atoms with E-state index < -0.39 is 0 Å². The van der Waals surface area contributed by atoms with Gasteiger partial charge in [0.1, 0.15) is 17.1 Å². The van der Waals surface area contributed by atoms with Crippen LogP contribution in [0.5, 0.6) is 11.6 Å². The molecular formula is C18H16ClN3O3. The Balaban J connectivity index is 1.85. The van der Waals surface area contributed by atoms with Gasteiger partial charge in [-0.1, -0.05) is 16.8 Å². The van der Waals surface area contributed by atoms with E-state index in [1.165, 1.54) is 4.90 Å². The predicted octanol–water partition coefficient (Wildman–Crippen LogP) is 4.74. The number of nitrogens with zero attached hydrogens (tertiary/aromatic N) is 3. The summed E-state index contributed by atoms with van der Waals surface area (Å²) in [5, 5.41) is 4.52. The van der Waals surface area contributed by atoms with Gasteiger partial charge in [0.2, 0.25) is 12.3 Å². The fraction of sp³-hybridized carbons (Fsp3) is 0.167. The lowest BCUT2D eigenvalue weighted by molar-refractivity contribution is -0.106. The molecule has 0 atom stereocenters. The fourth-order valence-corrected chi connectivity index (χ4v) is 2.71. The van der Waals surface area contributed by atoms with Gasteiger partial charge >= 0.3 is 0 Å². The Hall–Kier alpha value is -2.86. The Kier molecular flexibility index (Phi) is 4.72. The van der Waals surface area contributed by atoms with Crippen LogP contribution in [0.2, 0.25) is 5.02 Å². The summed E-state index contributed by atoms with van der Waals surface area (Å²) < 4.78 is 10.9. The summed E-state index contributed by atoms with van der Waals surface area (Å²) in [6, 6.07) is 8.79. The van der Waals surface area contributed by atoms with Crippen molar-refractivity contribution in [2.24, 2.45) is 0 Å². The van der Waals surface area contributed by atoms with Gasteiger partial charge in [0.25, 0.3) is 0 Å². The van der Waals surface area contributed by atoms with Crippen LogP contribution in [-0.2, 0) is 4.79 Å². The molecule has 0 aliphatic heterocycles. The molecule has 0 saturated heterocycles. The molecule has 1 aromatic carbocycles. The van der Waals surface area contributed by atoms with Crippen molar-refractivity contribution in [2.75, 3.05) is 4.90 Å². The number of benzene rings is 1. The Morgan fingerprint density at radius 3 is 2.56 bits per heavy atom. The van der Waals surface area contributed by atoms with Gasteiger partial charge in [0.15, 0.2) is 5.76 Å². The molecule has 0 spiro atoms. The minimum Gasteiger partial charge on any atom is -0.439 e.